The maximum atomic E-state index is 12.5. The molecule has 20 heavy (non-hydrogen) atoms. The molecule has 0 saturated carbocycles. The predicted molar refractivity (Wildman–Crippen MR) is 74.0 cm³/mol. The summed E-state index contributed by atoms with van der Waals surface area (Å²) < 4.78 is 38.0. The summed E-state index contributed by atoms with van der Waals surface area (Å²) in [4.78, 5) is 8.01. The van der Waals surface area contributed by atoms with E-state index in [1.165, 1.54) is 18.5 Å². The van der Waals surface area contributed by atoms with Gasteiger partial charge in [-0.15, -0.1) is 0 Å². The van der Waals surface area contributed by atoms with E-state index in [0.717, 1.165) is 12.1 Å². The molecule has 0 atom stereocenters. The molecule has 2 rings (SSSR count). The molecule has 1 aromatic carbocycles. The highest BCUT2D eigenvalue weighted by atomic mass is 79.9. The van der Waals surface area contributed by atoms with Crippen LogP contribution in [-0.2, 0) is 6.18 Å². The zero-order valence-electron chi connectivity index (χ0n) is 10.3. The Labute approximate surface area is 121 Å². The van der Waals surface area contributed by atoms with Crippen molar-refractivity contribution < 1.29 is 13.2 Å². The quantitative estimate of drug-likeness (QED) is 0.880. The molecular weight excluding hydrogens is 337 g/mol. The van der Waals surface area contributed by atoms with Gasteiger partial charge in [-0.05, 0) is 40.2 Å². The molecule has 0 amide bonds. The second-order valence-electron chi connectivity index (χ2n) is 3.83. The largest absolute Gasteiger partial charge is 0.416 e. The number of hydrogen-bond donors (Lipinski definition) is 2. The smallest absolute Gasteiger partial charge is 0.372 e. The van der Waals surface area contributed by atoms with Crippen molar-refractivity contribution >= 4 is 33.3 Å². The Morgan fingerprint density at radius 1 is 1.05 bits per heavy atom. The Balaban J connectivity index is 2.23. The molecule has 0 aliphatic rings. The maximum absolute atomic E-state index is 12.5. The van der Waals surface area contributed by atoms with Gasteiger partial charge in [0.15, 0.2) is 0 Å². The van der Waals surface area contributed by atoms with Crippen LogP contribution in [0.2, 0.25) is 0 Å². The molecule has 0 radical (unpaired) electrons. The molecular formula is C12H10BrF3N4. The lowest BCUT2D eigenvalue weighted by atomic mass is 10.2. The Morgan fingerprint density at radius 3 is 2.20 bits per heavy atom. The Hall–Kier alpha value is -1.83. The first-order chi connectivity index (χ1) is 9.41. The van der Waals surface area contributed by atoms with E-state index in [1.807, 2.05) is 0 Å². The van der Waals surface area contributed by atoms with Gasteiger partial charge in [-0.3, -0.25) is 0 Å². The molecule has 8 heteroatoms. The van der Waals surface area contributed by atoms with Crippen molar-refractivity contribution in [3.63, 3.8) is 0 Å². The van der Waals surface area contributed by atoms with Crippen LogP contribution in [-0.4, -0.2) is 17.0 Å². The molecule has 4 nitrogen and oxygen atoms in total. The zero-order chi connectivity index (χ0) is 14.8. The second kappa shape index (κ2) is 5.66. The van der Waals surface area contributed by atoms with Gasteiger partial charge in [-0.1, -0.05) is 0 Å². The standard InChI is InChI=1S/C12H10BrF3N4/c1-17-10-9(13)11(19-6-18-10)20-8-4-2-7(3-5-8)12(14,15)16/h2-6H,1H3,(H2,17,18,19,20). The minimum atomic E-state index is -4.34. The molecule has 0 saturated heterocycles. The molecule has 0 fully saturated rings. The average Bonchev–Trinajstić information content (AvgIpc) is 2.41. The van der Waals surface area contributed by atoms with Gasteiger partial charge in [0.25, 0.3) is 0 Å². The fourth-order valence-electron chi connectivity index (χ4n) is 1.51. The van der Waals surface area contributed by atoms with Crippen LogP contribution in [0, 0.1) is 0 Å². The first-order valence-corrected chi connectivity index (χ1v) is 6.33. The molecule has 0 aliphatic heterocycles. The zero-order valence-corrected chi connectivity index (χ0v) is 11.9. The molecule has 0 spiro atoms. The molecule has 0 aliphatic carbocycles. The van der Waals surface area contributed by atoms with E-state index in [0.29, 0.717) is 21.8 Å². The number of hydrogen-bond acceptors (Lipinski definition) is 4. The van der Waals surface area contributed by atoms with Crippen molar-refractivity contribution in [1.29, 1.82) is 0 Å². The van der Waals surface area contributed by atoms with Crippen molar-refractivity contribution in [2.75, 3.05) is 17.7 Å². The van der Waals surface area contributed by atoms with Crippen LogP contribution in [0.3, 0.4) is 0 Å². The van der Waals surface area contributed by atoms with Crippen molar-refractivity contribution in [3.05, 3.63) is 40.6 Å². The van der Waals surface area contributed by atoms with Gasteiger partial charge in [0.05, 0.1) is 5.56 Å². The summed E-state index contributed by atoms with van der Waals surface area (Å²) in [6.45, 7) is 0. The summed E-state index contributed by atoms with van der Waals surface area (Å²) in [6.07, 6.45) is -2.99. The first kappa shape index (κ1) is 14.6. The van der Waals surface area contributed by atoms with Gasteiger partial charge in [0.2, 0.25) is 0 Å². The molecule has 1 heterocycles. The van der Waals surface area contributed by atoms with Crippen molar-refractivity contribution in [2.45, 2.75) is 6.18 Å². The number of halogens is 4. The van der Waals surface area contributed by atoms with E-state index in [-0.39, 0.29) is 0 Å². The van der Waals surface area contributed by atoms with E-state index in [1.54, 1.807) is 7.05 Å². The van der Waals surface area contributed by atoms with E-state index in [2.05, 4.69) is 36.5 Å². The van der Waals surface area contributed by atoms with E-state index in [9.17, 15) is 13.2 Å². The van der Waals surface area contributed by atoms with Crippen molar-refractivity contribution in [2.24, 2.45) is 0 Å². The lowest BCUT2D eigenvalue weighted by Crippen LogP contribution is -2.05. The summed E-state index contributed by atoms with van der Waals surface area (Å²) in [7, 11) is 1.70. The van der Waals surface area contributed by atoms with Crippen molar-refractivity contribution in [3.8, 4) is 0 Å². The van der Waals surface area contributed by atoms with Gasteiger partial charge in [0, 0.05) is 12.7 Å². The van der Waals surface area contributed by atoms with Crippen LogP contribution < -0.4 is 10.6 Å². The lowest BCUT2D eigenvalue weighted by molar-refractivity contribution is -0.137. The van der Waals surface area contributed by atoms with Crippen LogP contribution in [0.5, 0.6) is 0 Å². The highest BCUT2D eigenvalue weighted by Crippen LogP contribution is 2.32. The Morgan fingerprint density at radius 2 is 1.65 bits per heavy atom. The third-order valence-corrected chi connectivity index (χ3v) is 3.25. The molecule has 106 valence electrons. The van der Waals surface area contributed by atoms with Gasteiger partial charge in [0.1, 0.15) is 22.4 Å². The van der Waals surface area contributed by atoms with Crippen LogP contribution >= 0.6 is 15.9 Å². The number of nitrogens with zero attached hydrogens (tertiary/aromatic N) is 2. The SMILES string of the molecule is CNc1ncnc(Nc2ccc(C(F)(F)F)cc2)c1Br. The summed E-state index contributed by atoms with van der Waals surface area (Å²) in [5.74, 6) is 1.04. The van der Waals surface area contributed by atoms with E-state index < -0.39 is 11.7 Å². The van der Waals surface area contributed by atoms with E-state index in [4.69, 9.17) is 0 Å². The summed E-state index contributed by atoms with van der Waals surface area (Å²) in [5, 5.41) is 5.78. The summed E-state index contributed by atoms with van der Waals surface area (Å²) >= 11 is 3.32. The summed E-state index contributed by atoms with van der Waals surface area (Å²) in [6, 6.07) is 4.71. The molecule has 1 aromatic heterocycles. The first-order valence-electron chi connectivity index (χ1n) is 5.54. The highest BCUT2D eigenvalue weighted by Gasteiger charge is 2.29. The monoisotopic (exact) mass is 346 g/mol. The number of benzene rings is 1. The second-order valence-corrected chi connectivity index (χ2v) is 4.63. The fourth-order valence-corrected chi connectivity index (χ4v) is 2.01. The molecule has 2 N–H and O–H groups in total. The fraction of sp³-hybridized carbons (Fsp3) is 0.167. The third-order valence-electron chi connectivity index (χ3n) is 2.50. The van der Waals surface area contributed by atoms with Gasteiger partial charge in [-0.2, -0.15) is 13.2 Å². The van der Waals surface area contributed by atoms with Crippen LogP contribution in [0.4, 0.5) is 30.5 Å². The summed E-state index contributed by atoms with van der Waals surface area (Å²) in [5.41, 5.74) is -0.194. The number of nitrogens with one attached hydrogen (secondary N) is 2. The molecule has 2 aromatic rings. The number of alkyl halides is 3. The highest BCUT2D eigenvalue weighted by molar-refractivity contribution is 9.10. The predicted octanol–water partition coefficient (Wildman–Crippen LogP) is 4.04. The Kier molecular flexibility index (Phi) is 4.12. The van der Waals surface area contributed by atoms with Crippen molar-refractivity contribution in [1.82, 2.24) is 9.97 Å². The van der Waals surface area contributed by atoms with Crippen LogP contribution in [0.1, 0.15) is 5.56 Å². The van der Waals surface area contributed by atoms with E-state index >= 15 is 0 Å². The molecule has 0 unspecified atom stereocenters. The third kappa shape index (κ3) is 3.19. The minimum absolute atomic E-state index is 0.462. The average molecular weight is 347 g/mol. The number of rotatable bonds is 3. The maximum Gasteiger partial charge on any atom is 0.416 e. The van der Waals surface area contributed by atoms with Gasteiger partial charge < -0.3 is 10.6 Å². The topological polar surface area (TPSA) is 49.8 Å². The normalized spacial score (nSPS) is 11.2. The van der Waals surface area contributed by atoms with Gasteiger partial charge >= 0.3 is 6.18 Å². The van der Waals surface area contributed by atoms with Crippen LogP contribution in [0.25, 0.3) is 0 Å². The van der Waals surface area contributed by atoms with Gasteiger partial charge in [-0.25, -0.2) is 9.97 Å². The lowest BCUT2D eigenvalue weighted by Gasteiger charge is -2.11. The molecule has 0 bridgehead atoms. The minimum Gasteiger partial charge on any atom is -0.372 e. The Bertz CT molecular complexity index is 599. The number of anilines is 3. The number of aromatic nitrogens is 2. The van der Waals surface area contributed by atoms with Crippen LogP contribution in [0.15, 0.2) is 35.1 Å².